The Labute approximate surface area is 172 Å². The maximum atomic E-state index is 12.7. The molecule has 0 saturated carbocycles. The molecule has 2 aromatic rings. The molecular formula is C25H30O4. The zero-order valence-electron chi connectivity index (χ0n) is 18.1. The van der Waals surface area contributed by atoms with E-state index in [1.54, 1.807) is 6.07 Å². The van der Waals surface area contributed by atoms with Crippen molar-refractivity contribution in [3.8, 4) is 11.1 Å². The third-order valence-electron chi connectivity index (χ3n) is 6.29. The van der Waals surface area contributed by atoms with Crippen molar-refractivity contribution < 1.29 is 19.8 Å². The van der Waals surface area contributed by atoms with Gasteiger partial charge in [-0.25, -0.2) is 0 Å². The molecule has 4 heteroatoms. The number of rotatable bonds is 6. The third-order valence-corrected chi connectivity index (χ3v) is 6.29. The summed E-state index contributed by atoms with van der Waals surface area (Å²) in [5, 5.41) is 20.7. The highest BCUT2D eigenvalue weighted by Crippen LogP contribution is 2.53. The van der Waals surface area contributed by atoms with Crippen LogP contribution in [0.5, 0.6) is 0 Å². The maximum absolute atomic E-state index is 12.7. The Kier molecular flexibility index (Phi) is 5.33. The summed E-state index contributed by atoms with van der Waals surface area (Å²) in [7, 11) is 0. The predicted octanol–water partition coefficient (Wildman–Crippen LogP) is 5.49. The highest BCUT2D eigenvalue weighted by atomic mass is 16.4. The summed E-state index contributed by atoms with van der Waals surface area (Å²) in [6.07, 6.45) is 1.41. The first-order valence-corrected chi connectivity index (χ1v) is 10.4. The first-order valence-electron chi connectivity index (χ1n) is 10.4. The lowest BCUT2D eigenvalue weighted by atomic mass is 9.73. The molecule has 0 saturated heterocycles. The Morgan fingerprint density at radius 2 is 1.52 bits per heavy atom. The van der Waals surface area contributed by atoms with Gasteiger partial charge in [0.2, 0.25) is 5.41 Å². The van der Waals surface area contributed by atoms with Crippen LogP contribution >= 0.6 is 0 Å². The molecule has 4 nitrogen and oxygen atoms in total. The number of aliphatic carboxylic acids is 2. The summed E-state index contributed by atoms with van der Waals surface area (Å²) in [5.74, 6) is -2.29. The number of hydrogen-bond donors (Lipinski definition) is 2. The van der Waals surface area contributed by atoms with Gasteiger partial charge in [-0.3, -0.25) is 9.59 Å². The average molecular weight is 395 g/mol. The number of carboxylic acid groups (broad SMARTS) is 2. The van der Waals surface area contributed by atoms with Crippen molar-refractivity contribution in [2.75, 3.05) is 0 Å². The van der Waals surface area contributed by atoms with Gasteiger partial charge in [-0.2, -0.15) is 0 Å². The number of fused-ring (bicyclic) bond motifs is 3. The molecule has 0 unspecified atom stereocenters. The minimum Gasteiger partial charge on any atom is -0.480 e. The van der Waals surface area contributed by atoms with Gasteiger partial charge in [0.1, 0.15) is 0 Å². The standard InChI is InChI=1S/C25H30O4/c1-7-15-11-19-18-10-9-16(13(3)4)12-20(18)25(23(26)27,24(28)29)22(19)17(8-2)21(15)14(5)6/h9-14H,7-8H2,1-6H3,(H,26,27)(H,28,29). The number of benzene rings is 2. The van der Waals surface area contributed by atoms with Gasteiger partial charge in [0.25, 0.3) is 0 Å². The Morgan fingerprint density at radius 3 is 1.97 bits per heavy atom. The highest BCUT2D eigenvalue weighted by Gasteiger charge is 2.57. The van der Waals surface area contributed by atoms with Crippen LogP contribution in [0.25, 0.3) is 11.1 Å². The van der Waals surface area contributed by atoms with Crippen molar-refractivity contribution >= 4 is 11.9 Å². The topological polar surface area (TPSA) is 74.6 Å². The highest BCUT2D eigenvalue weighted by molar-refractivity contribution is 6.15. The van der Waals surface area contributed by atoms with Gasteiger partial charge in [0, 0.05) is 0 Å². The fraction of sp³-hybridized carbons (Fsp3) is 0.440. The Morgan fingerprint density at radius 1 is 0.897 bits per heavy atom. The molecule has 2 aromatic carbocycles. The van der Waals surface area contributed by atoms with Gasteiger partial charge in [-0.05, 0) is 69.2 Å². The lowest BCUT2D eigenvalue weighted by Gasteiger charge is -2.28. The molecule has 154 valence electrons. The van der Waals surface area contributed by atoms with Crippen molar-refractivity contribution in [1.82, 2.24) is 0 Å². The first kappa shape index (κ1) is 21.1. The van der Waals surface area contributed by atoms with E-state index in [0.717, 1.165) is 34.2 Å². The van der Waals surface area contributed by atoms with Crippen molar-refractivity contribution in [3.63, 3.8) is 0 Å². The average Bonchev–Trinajstić information content (AvgIpc) is 2.96. The minimum atomic E-state index is -2.07. The van der Waals surface area contributed by atoms with E-state index in [0.29, 0.717) is 17.5 Å². The fourth-order valence-corrected chi connectivity index (χ4v) is 4.97. The van der Waals surface area contributed by atoms with Gasteiger partial charge in [-0.15, -0.1) is 0 Å². The molecule has 29 heavy (non-hydrogen) atoms. The molecule has 0 atom stereocenters. The molecule has 2 N–H and O–H groups in total. The van der Waals surface area contributed by atoms with E-state index in [4.69, 9.17) is 0 Å². The number of hydrogen-bond acceptors (Lipinski definition) is 2. The van der Waals surface area contributed by atoms with Gasteiger partial charge < -0.3 is 10.2 Å². The Bertz CT molecular complexity index is 984. The molecule has 3 rings (SSSR count). The summed E-state index contributed by atoms with van der Waals surface area (Å²) >= 11 is 0. The van der Waals surface area contributed by atoms with Crippen molar-refractivity contribution in [3.05, 3.63) is 57.6 Å². The summed E-state index contributed by atoms with van der Waals surface area (Å²) < 4.78 is 0. The van der Waals surface area contributed by atoms with E-state index in [1.807, 2.05) is 39.0 Å². The van der Waals surface area contributed by atoms with Crippen LogP contribution < -0.4 is 0 Å². The zero-order chi connectivity index (χ0) is 21.7. The SMILES string of the molecule is CCc1cc2c(c(CC)c1C(C)C)C(C(=O)O)(C(=O)O)c1cc(C(C)C)ccc1-2. The quantitative estimate of drug-likeness (QED) is 0.635. The van der Waals surface area contributed by atoms with E-state index >= 15 is 0 Å². The van der Waals surface area contributed by atoms with Gasteiger partial charge in [-0.1, -0.05) is 65.8 Å². The van der Waals surface area contributed by atoms with E-state index < -0.39 is 17.4 Å². The van der Waals surface area contributed by atoms with Crippen LogP contribution in [0.4, 0.5) is 0 Å². The van der Waals surface area contributed by atoms with Crippen molar-refractivity contribution in [2.45, 2.75) is 71.6 Å². The van der Waals surface area contributed by atoms with Crippen molar-refractivity contribution in [1.29, 1.82) is 0 Å². The summed E-state index contributed by atoms with van der Waals surface area (Å²) in [6, 6.07) is 7.72. The molecule has 0 bridgehead atoms. The second-order valence-electron chi connectivity index (χ2n) is 8.53. The van der Waals surface area contributed by atoms with E-state index in [1.165, 1.54) is 5.56 Å². The molecule has 0 aromatic heterocycles. The smallest absolute Gasteiger partial charge is 0.330 e. The molecular weight excluding hydrogens is 364 g/mol. The zero-order valence-corrected chi connectivity index (χ0v) is 18.1. The monoisotopic (exact) mass is 394 g/mol. The summed E-state index contributed by atoms with van der Waals surface area (Å²) in [4.78, 5) is 25.4. The molecule has 0 radical (unpaired) electrons. The number of carboxylic acids is 2. The lowest BCUT2D eigenvalue weighted by molar-refractivity contribution is -0.155. The van der Waals surface area contributed by atoms with E-state index in [9.17, 15) is 19.8 Å². The van der Waals surface area contributed by atoms with E-state index in [-0.39, 0.29) is 11.8 Å². The first-order chi connectivity index (χ1) is 13.6. The molecule has 0 spiro atoms. The van der Waals surface area contributed by atoms with Gasteiger partial charge >= 0.3 is 11.9 Å². The third kappa shape index (κ3) is 2.80. The molecule has 1 aliphatic carbocycles. The molecule has 0 heterocycles. The number of carbonyl (C=O) groups is 2. The summed E-state index contributed by atoms with van der Waals surface area (Å²) in [6.45, 7) is 12.3. The van der Waals surface area contributed by atoms with Crippen LogP contribution in [0.15, 0.2) is 24.3 Å². The maximum Gasteiger partial charge on any atom is 0.330 e. The van der Waals surface area contributed by atoms with Crippen LogP contribution in [0.1, 0.15) is 86.8 Å². The Hall–Kier alpha value is -2.62. The van der Waals surface area contributed by atoms with Crippen molar-refractivity contribution in [2.24, 2.45) is 0 Å². The molecule has 0 fully saturated rings. The normalized spacial score (nSPS) is 14.2. The predicted molar refractivity (Wildman–Crippen MR) is 115 cm³/mol. The van der Waals surface area contributed by atoms with Crippen LogP contribution in [-0.4, -0.2) is 22.2 Å². The van der Waals surface area contributed by atoms with Gasteiger partial charge in [0.15, 0.2) is 0 Å². The van der Waals surface area contributed by atoms with E-state index in [2.05, 4.69) is 20.8 Å². The largest absolute Gasteiger partial charge is 0.480 e. The van der Waals surface area contributed by atoms with Gasteiger partial charge in [0.05, 0.1) is 0 Å². The second kappa shape index (κ2) is 7.33. The van der Waals surface area contributed by atoms with Crippen LogP contribution in [0.3, 0.4) is 0 Å². The molecule has 1 aliphatic rings. The fourth-order valence-electron chi connectivity index (χ4n) is 4.97. The molecule has 0 aliphatic heterocycles. The summed E-state index contributed by atoms with van der Waals surface area (Å²) in [5.41, 5.74) is 4.35. The van der Waals surface area contributed by atoms with Crippen LogP contribution in [0, 0.1) is 0 Å². The minimum absolute atomic E-state index is 0.173. The van der Waals surface area contributed by atoms with Crippen LogP contribution in [0.2, 0.25) is 0 Å². The lowest BCUT2D eigenvalue weighted by Crippen LogP contribution is -2.44. The van der Waals surface area contributed by atoms with Crippen LogP contribution in [-0.2, 0) is 27.8 Å². The second-order valence-corrected chi connectivity index (χ2v) is 8.53. The molecule has 0 amide bonds. The Balaban J connectivity index is 2.57. The number of aryl methyl sites for hydroxylation is 1.